The minimum absolute atomic E-state index is 0.0745. The Hall–Kier alpha value is -2.66. The molecule has 3 rings (SSSR count). The van der Waals surface area contributed by atoms with E-state index in [1.165, 1.54) is 0 Å². The Morgan fingerprint density at radius 1 is 1.04 bits per heavy atom. The molecular formula is C20H18BrN3O. The van der Waals surface area contributed by atoms with Gasteiger partial charge in [0, 0.05) is 10.2 Å². The molecule has 1 heterocycles. The standard InChI is InChI=1S/C20H18BrN3O/c1-14-5-2-3-6-15(14)11-20(25)24-19-10-9-18(13-22-19)23-17-8-4-7-16(21)12-17/h2-10,12-13,23H,11H2,1H3,(H,22,24,25). The third-order valence-electron chi connectivity index (χ3n) is 3.76. The van der Waals surface area contributed by atoms with E-state index in [9.17, 15) is 4.79 Å². The highest BCUT2D eigenvalue weighted by Crippen LogP contribution is 2.20. The number of anilines is 3. The molecule has 2 aromatic carbocycles. The number of rotatable bonds is 5. The number of pyridine rings is 1. The lowest BCUT2D eigenvalue weighted by molar-refractivity contribution is -0.115. The van der Waals surface area contributed by atoms with E-state index < -0.39 is 0 Å². The number of nitrogens with one attached hydrogen (secondary N) is 2. The summed E-state index contributed by atoms with van der Waals surface area (Å²) in [6, 6.07) is 19.4. The summed E-state index contributed by atoms with van der Waals surface area (Å²) in [5, 5.41) is 6.10. The van der Waals surface area contributed by atoms with Gasteiger partial charge in [0.15, 0.2) is 0 Å². The van der Waals surface area contributed by atoms with Crippen LogP contribution in [0.2, 0.25) is 0 Å². The molecular weight excluding hydrogens is 378 g/mol. The molecule has 4 nitrogen and oxygen atoms in total. The Morgan fingerprint density at radius 2 is 1.88 bits per heavy atom. The number of amides is 1. The summed E-state index contributed by atoms with van der Waals surface area (Å²) in [4.78, 5) is 16.5. The molecule has 0 bridgehead atoms. The van der Waals surface area contributed by atoms with Crippen molar-refractivity contribution in [3.8, 4) is 0 Å². The Bertz CT molecular complexity index is 878. The van der Waals surface area contributed by atoms with E-state index in [-0.39, 0.29) is 5.91 Å². The second-order valence-electron chi connectivity index (χ2n) is 5.72. The maximum Gasteiger partial charge on any atom is 0.229 e. The Kier molecular flexibility index (Phi) is 5.46. The molecule has 0 radical (unpaired) electrons. The van der Waals surface area contributed by atoms with E-state index in [4.69, 9.17) is 0 Å². The summed E-state index contributed by atoms with van der Waals surface area (Å²) < 4.78 is 1.01. The van der Waals surface area contributed by atoms with Gasteiger partial charge in [0.2, 0.25) is 5.91 Å². The van der Waals surface area contributed by atoms with Gasteiger partial charge in [-0.2, -0.15) is 0 Å². The molecule has 0 saturated carbocycles. The molecule has 0 aliphatic carbocycles. The topological polar surface area (TPSA) is 54.0 Å². The maximum atomic E-state index is 12.2. The smallest absolute Gasteiger partial charge is 0.229 e. The summed E-state index contributed by atoms with van der Waals surface area (Å²) in [7, 11) is 0. The van der Waals surface area contributed by atoms with E-state index in [1.807, 2.05) is 61.5 Å². The molecule has 126 valence electrons. The summed E-state index contributed by atoms with van der Waals surface area (Å²) in [6.45, 7) is 2.00. The number of aromatic nitrogens is 1. The van der Waals surface area contributed by atoms with Crippen molar-refractivity contribution in [1.29, 1.82) is 0 Å². The first-order chi connectivity index (χ1) is 12.1. The molecule has 0 atom stereocenters. The van der Waals surface area contributed by atoms with E-state index in [0.29, 0.717) is 12.2 Å². The lowest BCUT2D eigenvalue weighted by atomic mass is 10.1. The van der Waals surface area contributed by atoms with Crippen LogP contribution >= 0.6 is 15.9 Å². The second kappa shape index (κ2) is 7.94. The summed E-state index contributed by atoms with van der Waals surface area (Å²) in [6.07, 6.45) is 2.04. The molecule has 5 heteroatoms. The number of hydrogen-bond acceptors (Lipinski definition) is 3. The van der Waals surface area contributed by atoms with Crippen molar-refractivity contribution >= 4 is 39.0 Å². The van der Waals surface area contributed by atoms with E-state index >= 15 is 0 Å². The van der Waals surface area contributed by atoms with Crippen LogP contribution in [0.5, 0.6) is 0 Å². The minimum Gasteiger partial charge on any atom is -0.354 e. The molecule has 1 amide bonds. The van der Waals surface area contributed by atoms with Crippen molar-refractivity contribution in [2.75, 3.05) is 10.6 Å². The maximum absolute atomic E-state index is 12.2. The zero-order valence-corrected chi connectivity index (χ0v) is 15.4. The van der Waals surface area contributed by atoms with Gasteiger partial charge >= 0.3 is 0 Å². The lowest BCUT2D eigenvalue weighted by Crippen LogP contribution is -2.15. The van der Waals surface area contributed by atoms with Crippen molar-refractivity contribution in [1.82, 2.24) is 4.98 Å². The molecule has 0 aliphatic rings. The SMILES string of the molecule is Cc1ccccc1CC(=O)Nc1ccc(Nc2cccc(Br)c2)cn1. The van der Waals surface area contributed by atoms with Crippen LogP contribution in [0.25, 0.3) is 0 Å². The van der Waals surface area contributed by atoms with Crippen molar-refractivity contribution in [2.45, 2.75) is 13.3 Å². The first-order valence-electron chi connectivity index (χ1n) is 7.93. The van der Waals surface area contributed by atoms with Crippen LogP contribution in [-0.2, 0) is 11.2 Å². The van der Waals surface area contributed by atoms with Crippen LogP contribution in [0.1, 0.15) is 11.1 Å². The number of nitrogens with zero attached hydrogens (tertiary/aromatic N) is 1. The summed E-state index contributed by atoms with van der Waals surface area (Å²) in [5.74, 6) is 0.466. The van der Waals surface area contributed by atoms with Crippen LogP contribution < -0.4 is 10.6 Å². The van der Waals surface area contributed by atoms with Gasteiger partial charge < -0.3 is 10.6 Å². The van der Waals surface area contributed by atoms with Crippen LogP contribution in [0, 0.1) is 6.92 Å². The second-order valence-corrected chi connectivity index (χ2v) is 6.63. The number of halogens is 1. The molecule has 0 aliphatic heterocycles. The number of aryl methyl sites for hydroxylation is 1. The normalized spacial score (nSPS) is 10.3. The zero-order valence-electron chi connectivity index (χ0n) is 13.8. The fourth-order valence-corrected chi connectivity index (χ4v) is 2.84. The lowest BCUT2D eigenvalue weighted by Gasteiger charge is -2.09. The quantitative estimate of drug-likeness (QED) is 0.633. The molecule has 25 heavy (non-hydrogen) atoms. The van der Waals surface area contributed by atoms with Crippen LogP contribution in [0.4, 0.5) is 17.2 Å². The molecule has 0 unspecified atom stereocenters. The van der Waals surface area contributed by atoms with Gasteiger partial charge in [0.1, 0.15) is 5.82 Å². The van der Waals surface area contributed by atoms with Crippen LogP contribution in [0.3, 0.4) is 0 Å². The van der Waals surface area contributed by atoms with Gasteiger partial charge in [-0.3, -0.25) is 4.79 Å². The van der Waals surface area contributed by atoms with Gasteiger partial charge in [-0.05, 0) is 48.4 Å². The largest absolute Gasteiger partial charge is 0.354 e. The van der Waals surface area contributed by atoms with Crippen molar-refractivity contribution in [2.24, 2.45) is 0 Å². The molecule has 0 saturated heterocycles. The fourth-order valence-electron chi connectivity index (χ4n) is 2.44. The van der Waals surface area contributed by atoms with Gasteiger partial charge in [-0.25, -0.2) is 4.98 Å². The highest BCUT2D eigenvalue weighted by Gasteiger charge is 2.07. The number of carbonyl (C=O) groups excluding carboxylic acids is 1. The molecule has 0 fully saturated rings. The predicted molar refractivity (Wildman–Crippen MR) is 105 cm³/mol. The molecule has 1 aromatic heterocycles. The van der Waals surface area contributed by atoms with E-state index in [0.717, 1.165) is 27.0 Å². The molecule has 3 aromatic rings. The highest BCUT2D eigenvalue weighted by molar-refractivity contribution is 9.10. The van der Waals surface area contributed by atoms with Crippen LogP contribution in [0.15, 0.2) is 71.3 Å². The summed E-state index contributed by atoms with van der Waals surface area (Å²) in [5.41, 5.74) is 3.95. The van der Waals surface area contributed by atoms with Gasteiger partial charge in [-0.15, -0.1) is 0 Å². The van der Waals surface area contributed by atoms with E-state index in [1.54, 1.807) is 12.3 Å². The van der Waals surface area contributed by atoms with Crippen molar-refractivity contribution in [3.05, 3.63) is 82.5 Å². The highest BCUT2D eigenvalue weighted by atomic mass is 79.9. The molecule has 0 spiro atoms. The number of hydrogen-bond donors (Lipinski definition) is 2. The van der Waals surface area contributed by atoms with Crippen molar-refractivity contribution in [3.63, 3.8) is 0 Å². The zero-order chi connectivity index (χ0) is 17.6. The third kappa shape index (κ3) is 4.90. The summed E-state index contributed by atoms with van der Waals surface area (Å²) >= 11 is 3.44. The first kappa shape index (κ1) is 17.2. The Labute approximate surface area is 155 Å². The predicted octanol–water partition coefficient (Wildman–Crippen LogP) is 5.08. The number of benzene rings is 2. The average Bonchev–Trinajstić information content (AvgIpc) is 2.59. The average molecular weight is 396 g/mol. The molecule has 2 N–H and O–H groups in total. The van der Waals surface area contributed by atoms with Gasteiger partial charge in [0.05, 0.1) is 18.3 Å². The van der Waals surface area contributed by atoms with Gasteiger partial charge in [-0.1, -0.05) is 46.3 Å². The van der Waals surface area contributed by atoms with Crippen LogP contribution in [-0.4, -0.2) is 10.9 Å². The minimum atomic E-state index is -0.0745. The van der Waals surface area contributed by atoms with E-state index in [2.05, 4.69) is 31.5 Å². The van der Waals surface area contributed by atoms with Crippen molar-refractivity contribution < 1.29 is 4.79 Å². The van der Waals surface area contributed by atoms with Gasteiger partial charge in [0.25, 0.3) is 0 Å². The third-order valence-corrected chi connectivity index (χ3v) is 4.25. The Morgan fingerprint density at radius 3 is 2.60 bits per heavy atom. The Balaban J connectivity index is 1.60. The number of carbonyl (C=O) groups is 1. The fraction of sp³-hybridized carbons (Fsp3) is 0.100. The first-order valence-corrected chi connectivity index (χ1v) is 8.72. The monoisotopic (exact) mass is 395 g/mol.